The number of hydrogen-bond donors (Lipinski definition) is 0. The van der Waals surface area contributed by atoms with Gasteiger partial charge in [0, 0.05) is 32.7 Å². The molecule has 0 spiro atoms. The quantitative estimate of drug-likeness (QED) is 0.768. The highest BCUT2D eigenvalue weighted by Gasteiger charge is 2.29. The molecule has 0 aromatic heterocycles. The summed E-state index contributed by atoms with van der Waals surface area (Å²) in [4.78, 5) is 16.9. The maximum Gasteiger partial charge on any atom is 0.243 e. The standard InChI is InChI=1S/C21H31N3O3S/c25-21(23-11-3-4-12-23)17-22-10-5-13-24(15-14-22)28(26,27)20-9-8-18-6-1-2-7-19(18)16-20/h8-9,16H,1-7,10-15,17H2. The van der Waals surface area contributed by atoms with Crippen LogP contribution in [0.4, 0.5) is 0 Å². The monoisotopic (exact) mass is 405 g/mol. The third kappa shape index (κ3) is 4.26. The molecule has 2 aliphatic heterocycles. The van der Waals surface area contributed by atoms with E-state index in [4.69, 9.17) is 0 Å². The summed E-state index contributed by atoms with van der Waals surface area (Å²) < 4.78 is 28.0. The molecule has 0 saturated carbocycles. The first kappa shape index (κ1) is 19.9. The predicted molar refractivity (Wildman–Crippen MR) is 109 cm³/mol. The zero-order valence-electron chi connectivity index (χ0n) is 16.6. The molecule has 28 heavy (non-hydrogen) atoms. The van der Waals surface area contributed by atoms with E-state index in [0.29, 0.717) is 31.1 Å². The maximum absolute atomic E-state index is 13.2. The van der Waals surface area contributed by atoms with Crippen LogP contribution >= 0.6 is 0 Å². The molecule has 1 aliphatic carbocycles. The summed E-state index contributed by atoms with van der Waals surface area (Å²) in [7, 11) is -3.48. The fourth-order valence-corrected chi connectivity index (χ4v) is 6.14. The molecule has 1 amide bonds. The molecule has 0 N–H and O–H groups in total. The molecule has 0 unspecified atom stereocenters. The van der Waals surface area contributed by atoms with Gasteiger partial charge < -0.3 is 4.90 Å². The van der Waals surface area contributed by atoms with Crippen LogP contribution in [0.1, 0.15) is 43.2 Å². The summed E-state index contributed by atoms with van der Waals surface area (Å²) in [6.45, 7) is 4.50. The Kier molecular flexibility index (Phi) is 6.04. The van der Waals surface area contributed by atoms with Crippen LogP contribution in [-0.4, -0.2) is 74.2 Å². The molecule has 1 aromatic carbocycles. The van der Waals surface area contributed by atoms with Gasteiger partial charge in [0.1, 0.15) is 0 Å². The van der Waals surface area contributed by atoms with Gasteiger partial charge in [-0.15, -0.1) is 0 Å². The largest absolute Gasteiger partial charge is 0.342 e. The van der Waals surface area contributed by atoms with E-state index >= 15 is 0 Å². The van der Waals surface area contributed by atoms with Crippen molar-refractivity contribution in [2.24, 2.45) is 0 Å². The smallest absolute Gasteiger partial charge is 0.243 e. The van der Waals surface area contributed by atoms with E-state index in [1.54, 1.807) is 10.4 Å². The molecule has 0 bridgehead atoms. The molecule has 2 heterocycles. The van der Waals surface area contributed by atoms with Gasteiger partial charge in [-0.05, 0) is 74.8 Å². The molecule has 1 aromatic rings. The number of hydrogen-bond acceptors (Lipinski definition) is 4. The molecule has 7 heteroatoms. The normalized spacial score (nSPS) is 22.1. The average molecular weight is 406 g/mol. The summed E-state index contributed by atoms with van der Waals surface area (Å²) in [6, 6.07) is 5.67. The van der Waals surface area contributed by atoms with Crippen LogP contribution in [0.2, 0.25) is 0 Å². The third-order valence-electron chi connectivity index (χ3n) is 6.32. The fourth-order valence-electron chi connectivity index (χ4n) is 4.62. The van der Waals surface area contributed by atoms with Gasteiger partial charge in [-0.25, -0.2) is 8.42 Å². The van der Waals surface area contributed by atoms with E-state index in [2.05, 4.69) is 4.90 Å². The van der Waals surface area contributed by atoms with Crippen molar-refractivity contribution in [1.29, 1.82) is 0 Å². The lowest BCUT2D eigenvalue weighted by Gasteiger charge is -2.24. The van der Waals surface area contributed by atoms with Gasteiger partial charge >= 0.3 is 0 Å². The lowest BCUT2D eigenvalue weighted by Crippen LogP contribution is -2.41. The van der Waals surface area contributed by atoms with Crippen molar-refractivity contribution in [2.75, 3.05) is 45.8 Å². The van der Waals surface area contributed by atoms with E-state index in [1.807, 2.05) is 17.0 Å². The van der Waals surface area contributed by atoms with Crippen molar-refractivity contribution < 1.29 is 13.2 Å². The fraction of sp³-hybridized carbons (Fsp3) is 0.667. The first-order valence-electron chi connectivity index (χ1n) is 10.7. The second-order valence-electron chi connectivity index (χ2n) is 8.26. The maximum atomic E-state index is 13.2. The Morgan fingerprint density at radius 2 is 1.57 bits per heavy atom. The van der Waals surface area contributed by atoms with Crippen LogP contribution in [0.25, 0.3) is 0 Å². The Balaban J connectivity index is 1.41. The third-order valence-corrected chi connectivity index (χ3v) is 8.22. The predicted octanol–water partition coefficient (Wildman–Crippen LogP) is 1.88. The van der Waals surface area contributed by atoms with Gasteiger partial charge in [-0.1, -0.05) is 6.07 Å². The van der Waals surface area contributed by atoms with Crippen LogP contribution in [0, 0.1) is 0 Å². The number of sulfonamides is 1. The number of carbonyl (C=O) groups excluding carboxylic acids is 1. The van der Waals surface area contributed by atoms with E-state index in [-0.39, 0.29) is 5.91 Å². The zero-order chi connectivity index (χ0) is 19.6. The number of carbonyl (C=O) groups is 1. The van der Waals surface area contributed by atoms with Crippen LogP contribution in [0.15, 0.2) is 23.1 Å². The Hall–Kier alpha value is -1.44. The SMILES string of the molecule is O=C(CN1CCCN(S(=O)(=O)c2ccc3c(c2)CCCC3)CC1)N1CCCC1. The molecular weight excluding hydrogens is 374 g/mol. The minimum atomic E-state index is -3.48. The lowest BCUT2D eigenvalue weighted by molar-refractivity contribution is -0.131. The summed E-state index contributed by atoms with van der Waals surface area (Å²) >= 11 is 0. The van der Waals surface area contributed by atoms with Crippen LogP contribution in [0.5, 0.6) is 0 Å². The molecule has 2 saturated heterocycles. The van der Waals surface area contributed by atoms with Gasteiger partial charge in [0.25, 0.3) is 0 Å². The van der Waals surface area contributed by atoms with Crippen molar-refractivity contribution >= 4 is 15.9 Å². The molecule has 154 valence electrons. The van der Waals surface area contributed by atoms with Gasteiger partial charge in [0.2, 0.25) is 15.9 Å². The number of fused-ring (bicyclic) bond motifs is 1. The van der Waals surface area contributed by atoms with E-state index < -0.39 is 10.0 Å². The Morgan fingerprint density at radius 3 is 2.36 bits per heavy atom. The topological polar surface area (TPSA) is 60.9 Å². The number of amides is 1. The number of aryl methyl sites for hydroxylation is 2. The van der Waals surface area contributed by atoms with Crippen molar-refractivity contribution in [2.45, 2.75) is 49.8 Å². The van der Waals surface area contributed by atoms with Gasteiger partial charge in [0.15, 0.2) is 0 Å². The number of benzene rings is 1. The Bertz CT molecular complexity index is 818. The first-order chi connectivity index (χ1) is 13.5. The van der Waals surface area contributed by atoms with Crippen molar-refractivity contribution in [3.05, 3.63) is 29.3 Å². The molecule has 0 radical (unpaired) electrons. The minimum Gasteiger partial charge on any atom is -0.342 e. The second kappa shape index (κ2) is 8.51. The highest BCUT2D eigenvalue weighted by Crippen LogP contribution is 2.26. The summed E-state index contributed by atoms with van der Waals surface area (Å²) in [5, 5.41) is 0. The van der Waals surface area contributed by atoms with Gasteiger partial charge in [-0.3, -0.25) is 9.69 Å². The molecule has 3 aliphatic rings. The van der Waals surface area contributed by atoms with Crippen LogP contribution < -0.4 is 0 Å². The number of rotatable bonds is 4. The van der Waals surface area contributed by atoms with Crippen molar-refractivity contribution in [3.63, 3.8) is 0 Å². The number of nitrogens with zero attached hydrogens (tertiary/aromatic N) is 3. The van der Waals surface area contributed by atoms with E-state index in [1.165, 1.54) is 17.5 Å². The number of likely N-dealkylation sites (tertiary alicyclic amines) is 1. The molecule has 6 nitrogen and oxygen atoms in total. The minimum absolute atomic E-state index is 0.184. The first-order valence-corrected chi connectivity index (χ1v) is 12.1. The summed E-state index contributed by atoms with van der Waals surface area (Å²) in [5.41, 5.74) is 2.49. The van der Waals surface area contributed by atoms with Crippen molar-refractivity contribution in [3.8, 4) is 0 Å². The highest BCUT2D eigenvalue weighted by atomic mass is 32.2. The Labute approximate surface area is 168 Å². The zero-order valence-corrected chi connectivity index (χ0v) is 17.4. The van der Waals surface area contributed by atoms with Gasteiger partial charge in [-0.2, -0.15) is 4.31 Å². The molecule has 2 fully saturated rings. The molecule has 4 rings (SSSR count). The highest BCUT2D eigenvalue weighted by molar-refractivity contribution is 7.89. The van der Waals surface area contributed by atoms with E-state index in [0.717, 1.165) is 58.2 Å². The second-order valence-corrected chi connectivity index (χ2v) is 10.2. The van der Waals surface area contributed by atoms with Crippen LogP contribution in [-0.2, 0) is 27.7 Å². The van der Waals surface area contributed by atoms with Crippen LogP contribution in [0.3, 0.4) is 0 Å². The summed E-state index contributed by atoms with van der Waals surface area (Å²) in [5.74, 6) is 0.184. The lowest BCUT2D eigenvalue weighted by atomic mass is 9.92. The average Bonchev–Trinajstić information content (AvgIpc) is 3.14. The van der Waals surface area contributed by atoms with Crippen molar-refractivity contribution in [1.82, 2.24) is 14.1 Å². The van der Waals surface area contributed by atoms with Gasteiger partial charge in [0.05, 0.1) is 11.4 Å². The summed E-state index contributed by atoms with van der Waals surface area (Å²) in [6.07, 6.45) is 7.32. The molecule has 0 atom stereocenters. The van der Waals surface area contributed by atoms with E-state index in [9.17, 15) is 13.2 Å². The Morgan fingerprint density at radius 1 is 0.821 bits per heavy atom. The molecular formula is C21H31N3O3S.